The highest BCUT2D eigenvalue weighted by molar-refractivity contribution is 7.11. The molecule has 0 fully saturated rings. The smallest absolute Gasteiger partial charge is 0.106 e. The third-order valence-corrected chi connectivity index (χ3v) is 3.63. The zero-order valence-corrected chi connectivity index (χ0v) is 10.5. The van der Waals surface area contributed by atoms with Crippen LogP contribution in [0, 0.1) is 0 Å². The van der Waals surface area contributed by atoms with Crippen LogP contribution in [0.3, 0.4) is 0 Å². The van der Waals surface area contributed by atoms with E-state index in [1.807, 2.05) is 6.20 Å². The summed E-state index contributed by atoms with van der Waals surface area (Å²) in [6, 6.07) is 0. The molecule has 0 aromatic carbocycles. The van der Waals surface area contributed by atoms with Crippen molar-refractivity contribution in [2.45, 2.75) is 58.4 Å². The summed E-state index contributed by atoms with van der Waals surface area (Å²) in [5.41, 5.74) is 5.52. The SMILES string of the molecule is CCCCCCCCc1cnc(CN)s1. The van der Waals surface area contributed by atoms with Crippen molar-refractivity contribution in [2.24, 2.45) is 5.73 Å². The number of hydrogen-bond donors (Lipinski definition) is 1. The first-order valence-corrected chi connectivity index (χ1v) is 6.82. The Morgan fingerprint density at radius 3 is 2.60 bits per heavy atom. The molecule has 0 radical (unpaired) electrons. The molecule has 0 unspecified atom stereocenters. The molecule has 0 bridgehead atoms. The number of rotatable bonds is 8. The van der Waals surface area contributed by atoms with Crippen molar-refractivity contribution in [1.82, 2.24) is 4.98 Å². The van der Waals surface area contributed by atoms with Crippen molar-refractivity contribution < 1.29 is 0 Å². The maximum Gasteiger partial charge on any atom is 0.106 e. The number of thiazole rings is 1. The molecule has 0 aliphatic carbocycles. The zero-order chi connectivity index (χ0) is 10.9. The lowest BCUT2D eigenvalue weighted by molar-refractivity contribution is 0.609. The molecule has 2 nitrogen and oxygen atoms in total. The average Bonchev–Trinajstić information content (AvgIpc) is 2.71. The van der Waals surface area contributed by atoms with Gasteiger partial charge in [-0.25, -0.2) is 4.98 Å². The van der Waals surface area contributed by atoms with Gasteiger partial charge in [0.2, 0.25) is 0 Å². The first-order valence-electron chi connectivity index (χ1n) is 6.00. The summed E-state index contributed by atoms with van der Waals surface area (Å²) in [7, 11) is 0. The lowest BCUT2D eigenvalue weighted by Crippen LogP contribution is -1.93. The van der Waals surface area contributed by atoms with E-state index in [0.717, 1.165) is 5.01 Å². The average molecular weight is 226 g/mol. The van der Waals surface area contributed by atoms with Crippen LogP contribution in [-0.4, -0.2) is 4.98 Å². The summed E-state index contributed by atoms with van der Waals surface area (Å²) >= 11 is 1.77. The van der Waals surface area contributed by atoms with Crippen molar-refractivity contribution in [2.75, 3.05) is 0 Å². The fraction of sp³-hybridized carbons (Fsp3) is 0.750. The molecular formula is C12H22N2S. The van der Waals surface area contributed by atoms with E-state index in [2.05, 4.69) is 11.9 Å². The molecule has 0 amide bonds. The third kappa shape index (κ3) is 5.28. The Kier molecular flexibility index (Phi) is 6.60. The van der Waals surface area contributed by atoms with Crippen LogP contribution in [0.15, 0.2) is 6.20 Å². The van der Waals surface area contributed by atoms with E-state index in [9.17, 15) is 0 Å². The highest BCUT2D eigenvalue weighted by atomic mass is 32.1. The van der Waals surface area contributed by atoms with E-state index in [-0.39, 0.29) is 0 Å². The predicted octanol–water partition coefficient (Wildman–Crippen LogP) is 3.50. The number of nitrogens with zero attached hydrogens (tertiary/aromatic N) is 1. The van der Waals surface area contributed by atoms with Crippen LogP contribution in [0.25, 0.3) is 0 Å². The van der Waals surface area contributed by atoms with Gasteiger partial charge in [-0.3, -0.25) is 0 Å². The number of unbranched alkanes of at least 4 members (excludes halogenated alkanes) is 5. The summed E-state index contributed by atoms with van der Waals surface area (Å²) in [6.45, 7) is 2.84. The largest absolute Gasteiger partial charge is 0.325 e. The summed E-state index contributed by atoms with van der Waals surface area (Å²) in [4.78, 5) is 5.65. The molecule has 0 aliphatic rings. The van der Waals surface area contributed by atoms with Gasteiger partial charge in [-0.15, -0.1) is 11.3 Å². The van der Waals surface area contributed by atoms with Crippen molar-refractivity contribution in [3.05, 3.63) is 16.1 Å². The lowest BCUT2D eigenvalue weighted by atomic mass is 10.1. The molecule has 0 atom stereocenters. The second-order valence-electron chi connectivity index (χ2n) is 3.94. The maximum atomic E-state index is 5.52. The minimum Gasteiger partial charge on any atom is -0.325 e. The van der Waals surface area contributed by atoms with E-state index in [1.165, 1.54) is 49.8 Å². The molecule has 3 heteroatoms. The summed E-state index contributed by atoms with van der Waals surface area (Å²) < 4.78 is 0. The second-order valence-corrected chi connectivity index (χ2v) is 5.14. The van der Waals surface area contributed by atoms with E-state index < -0.39 is 0 Å². The molecule has 0 aliphatic heterocycles. The zero-order valence-electron chi connectivity index (χ0n) is 9.67. The number of hydrogen-bond acceptors (Lipinski definition) is 3. The van der Waals surface area contributed by atoms with Crippen LogP contribution in [0.5, 0.6) is 0 Å². The highest BCUT2D eigenvalue weighted by Crippen LogP contribution is 2.16. The lowest BCUT2D eigenvalue weighted by Gasteiger charge is -1.98. The van der Waals surface area contributed by atoms with Gasteiger partial charge < -0.3 is 5.73 Å². The molecule has 1 rings (SSSR count). The molecule has 1 heterocycles. The van der Waals surface area contributed by atoms with Crippen molar-refractivity contribution in [3.63, 3.8) is 0 Å². The maximum absolute atomic E-state index is 5.52. The topological polar surface area (TPSA) is 38.9 Å². The molecule has 2 N–H and O–H groups in total. The minimum atomic E-state index is 0.584. The van der Waals surface area contributed by atoms with Crippen LogP contribution < -0.4 is 5.73 Å². The van der Waals surface area contributed by atoms with Gasteiger partial charge in [0.25, 0.3) is 0 Å². The third-order valence-electron chi connectivity index (χ3n) is 2.55. The molecular weight excluding hydrogens is 204 g/mol. The van der Waals surface area contributed by atoms with Crippen LogP contribution >= 0.6 is 11.3 Å². The minimum absolute atomic E-state index is 0.584. The Morgan fingerprint density at radius 2 is 1.93 bits per heavy atom. The first-order chi connectivity index (χ1) is 7.36. The molecule has 0 spiro atoms. The first kappa shape index (κ1) is 12.7. The van der Waals surface area contributed by atoms with Crippen molar-refractivity contribution in [1.29, 1.82) is 0 Å². The Labute approximate surface area is 96.9 Å². The van der Waals surface area contributed by atoms with Gasteiger partial charge in [-0.05, 0) is 12.8 Å². The van der Waals surface area contributed by atoms with E-state index in [0.29, 0.717) is 6.54 Å². The Balaban J connectivity index is 2.04. The van der Waals surface area contributed by atoms with Gasteiger partial charge in [-0.2, -0.15) is 0 Å². The summed E-state index contributed by atoms with van der Waals surface area (Å²) in [5.74, 6) is 0. The fourth-order valence-corrected chi connectivity index (χ4v) is 2.48. The van der Waals surface area contributed by atoms with Crippen molar-refractivity contribution >= 4 is 11.3 Å². The molecule has 1 aromatic heterocycles. The van der Waals surface area contributed by atoms with Crippen molar-refractivity contribution in [3.8, 4) is 0 Å². The Bertz CT molecular complexity index is 258. The molecule has 0 saturated carbocycles. The molecule has 0 saturated heterocycles. The van der Waals surface area contributed by atoms with E-state index in [4.69, 9.17) is 5.73 Å². The summed E-state index contributed by atoms with van der Waals surface area (Å²) in [5, 5.41) is 1.07. The molecule has 86 valence electrons. The van der Waals surface area contributed by atoms with Gasteiger partial charge >= 0.3 is 0 Å². The van der Waals surface area contributed by atoms with Gasteiger partial charge in [-0.1, -0.05) is 39.0 Å². The van der Waals surface area contributed by atoms with Crippen LogP contribution in [0.4, 0.5) is 0 Å². The molecule has 15 heavy (non-hydrogen) atoms. The highest BCUT2D eigenvalue weighted by Gasteiger charge is 1.99. The standard InChI is InChI=1S/C12H22N2S/c1-2-3-4-5-6-7-8-11-10-14-12(9-13)15-11/h10H,2-9,13H2,1H3. The second kappa shape index (κ2) is 7.83. The fourth-order valence-electron chi connectivity index (χ4n) is 1.64. The van der Waals surface area contributed by atoms with E-state index >= 15 is 0 Å². The number of nitrogens with two attached hydrogens (primary N) is 1. The summed E-state index contributed by atoms with van der Waals surface area (Å²) in [6.07, 6.45) is 11.3. The van der Waals surface area contributed by atoms with Gasteiger partial charge in [0.05, 0.1) is 0 Å². The van der Waals surface area contributed by atoms with Crippen LogP contribution in [0.1, 0.15) is 55.3 Å². The van der Waals surface area contributed by atoms with Gasteiger partial charge in [0.1, 0.15) is 5.01 Å². The van der Waals surface area contributed by atoms with Crippen LogP contribution in [0.2, 0.25) is 0 Å². The Morgan fingerprint density at radius 1 is 1.20 bits per heavy atom. The normalized spacial score (nSPS) is 10.8. The quantitative estimate of drug-likeness (QED) is 0.689. The Hall–Kier alpha value is -0.410. The number of aryl methyl sites for hydroxylation is 1. The van der Waals surface area contributed by atoms with Gasteiger partial charge in [0.15, 0.2) is 0 Å². The van der Waals surface area contributed by atoms with Crippen LogP contribution in [-0.2, 0) is 13.0 Å². The molecule has 1 aromatic rings. The predicted molar refractivity (Wildman–Crippen MR) is 67.1 cm³/mol. The van der Waals surface area contributed by atoms with E-state index in [1.54, 1.807) is 11.3 Å². The number of aromatic nitrogens is 1. The monoisotopic (exact) mass is 226 g/mol. The van der Waals surface area contributed by atoms with Gasteiger partial charge in [0, 0.05) is 17.6 Å².